The average molecular weight is 184 g/mol. The Morgan fingerprint density at radius 1 is 0.923 bits per heavy atom. The molecule has 0 radical (unpaired) electrons. The van der Waals surface area contributed by atoms with Crippen LogP contribution in [0.3, 0.4) is 0 Å². The zero-order valence-electron chi connectivity index (χ0n) is 7.79. The minimum Gasteiger partial charge on any atom is -0.475 e. The third kappa shape index (κ3) is 3.17. The first-order valence-electron chi connectivity index (χ1n) is 4.99. The zero-order valence-corrected chi connectivity index (χ0v) is 7.79. The smallest absolute Gasteiger partial charge is 0.372 e. The fourth-order valence-corrected chi connectivity index (χ4v) is 1.89. The van der Waals surface area contributed by atoms with Crippen molar-refractivity contribution in [3.8, 4) is 0 Å². The molecule has 3 nitrogen and oxygen atoms in total. The first kappa shape index (κ1) is 10.2. The number of rotatable bonds is 2. The Morgan fingerprint density at radius 3 is 1.85 bits per heavy atom. The van der Waals surface area contributed by atoms with Crippen molar-refractivity contribution in [2.24, 2.45) is 5.92 Å². The highest BCUT2D eigenvalue weighted by molar-refractivity contribution is 6.33. The highest BCUT2D eigenvalue weighted by Crippen LogP contribution is 2.22. The van der Waals surface area contributed by atoms with Crippen LogP contribution < -0.4 is 0 Å². The molecule has 0 aromatic heterocycles. The summed E-state index contributed by atoms with van der Waals surface area (Å²) in [4.78, 5) is 21.6. The maximum Gasteiger partial charge on any atom is 0.372 e. The van der Waals surface area contributed by atoms with Crippen molar-refractivity contribution in [1.82, 2.24) is 0 Å². The zero-order chi connectivity index (χ0) is 9.68. The number of ketones is 1. The quantitative estimate of drug-likeness (QED) is 0.668. The molecule has 0 atom stereocenters. The molecule has 0 aromatic rings. The normalized spacial score (nSPS) is 20.3. The molecule has 1 fully saturated rings. The van der Waals surface area contributed by atoms with E-state index in [4.69, 9.17) is 5.11 Å². The second-order valence-corrected chi connectivity index (χ2v) is 3.71. The van der Waals surface area contributed by atoms with Gasteiger partial charge in [0.15, 0.2) is 0 Å². The van der Waals surface area contributed by atoms with E-state index in [1.54, 1.807) is 0 Å². The van der Waals surface area contributed by atoms with Gasteiger partial charge in [-0.1, -0.05) is 32.1 Å². The predicted octanol–water partition coefficient (Wildman–Crippen LogP) is 2.00. The molecule has 0 heterocycles. The van der Waals surface area contributed by atoms with Gasteiger partial charge >= 0.3 is 5.97 Å². The molecule has 1 rings (SSSR count). The summed E-state index contributed by atoms with van der Waals surface area (Å²) in [6.45, 7) is 0. The molecule has 0 aromatic carbocycles. The van der Waals surface area contributed by atoms with E-state index in [1.165, 1.54) is 6.42 Å². The summed E-state index contributed by atoms with van der Waals surface area (Å²) in [5, 5.41) is 8.55. The number of hydrogen-bond donors (Lipinski definition) is 1. The van der Waals surface area contributed by atoms with Gasteiger partial charge in [0.1, 0.15) is 0 Å². The van der Waals surface area contributed by atoms with Gasteiger partial charge in [0, 0.05) is 5.92 Å². The lowest BCUT2D eigenvalue weighted by Crippen LogP contribution is -2.23. The van der Waals surface area contributed by atoms with Crippen LogP contribution in [0.5, 0.6) is 0 Å². The molecule has 1 N–H and O–H groups in total. The molecule has 0 unspecified atom stereocenters. The number of hydrogen-bond acceptors (Lipinski definition) is 2. The standard InChI is InChI=1S/C10H16O3/c11-9(10(12)13)8-6-4-2-1-3-5-7-8/h8H,1-7H2,(H,12,13). The number of aliphatic carboxylic acids is 1. The highest BCUT2D eigenvalue weighted by atomic mass is 16.4. The number of carbonyl (C=O) groups is 2. The van der Waals surface area contributed by atoms with E-state index in [-0.39, 0.29) is 5.92 Å². The first-order valence-corrected chi connectivity index (χ1v) is 4.99. The Bertz CT molecular complexity index is 190. The second-order valence-electron chi connectivity index (χ2n) is 3.71. The van der Waals surface area contributed by atoms with E-state index in [0.29, 0.717) is 0 Å². The molecule has 0 aliphatic heterocycles. The van der Waals surface area contributed by atoms with Crippen LogP contribution in [0.25, 0.3) is 0 Å². The second kappa shape index (κ2) is 5.00. The van der Waals surface area contributed by atoms with Gasteiger partial charge in [0.2, 0.25) is 5.78 Å². The lowest BCUT2D eigenvalue weighted by atomic mass is 9.88. The van der Waals surface area contributed by atoms with Crippen molar-refractivity contribution in [2.45, 2.75) is 44.9 Å². The van der Waals surface area contributed by atoms with Gasteiger partial charge < -0.3 is 5.11 Å². The first-order chi connectivity index (χ1) is 6.22. The van der Waals surface area contributed by atoms with Gasteiger partial charge in [-0.15, -0.1) is 0 Å². The van der Waals surface area contributed by atoms with Gasteiger partial charge in [-0.3, -0.25) is 4.79 Å². The van der Waals surface area contributed by atoms with Gasteiger partial charge in [0.05, 0.1) is 0 Å². The maximum absolute atomic E-state index is 11.2. The number of carbonyl (C=O) groups excluding carboxylic acids is 1. The van der Waals surface area contributed by atoms with Gasteiger partial charge in [0.25, 0.3) is 0 Å². The van der Waals surface area contributed by atoms with Crippen molar-refractivity contribution in [2.75, 3.05) is 0 Å². The van der Waals surface area contributed by atoms with Gasteiger partial charge in [-0.2, -0.15) is 0 Å². The van der Waals surface area contributed by atoms with Crippen molar-refractivity contribution >= 4 is 11.8 Å². The third-order valence-electron chi connectivity index (χ3n) is 2.69. The van der Waals surface area contributed by atoms with Crippen LogP contribution in [0.15, 0.2) is 0 Å². The molecule has 13 heavy (non-hydrogen) atoms. The van der Waals surface area contributed by atoms with Crippen molar-refractivity contribution in [3.05, 3.63) is 0 Å². The minimum atomic E-state index is -1.26. The van der Waals surface area contributed by atoms with E-state index in [1.807, 2.05) is 0 Å². The van der Waals surface area contributed by atoms with Crippen LogP contribution >= 0.6 is 0 Å². The van der Waals surface area contributed by atoms with E-state index in [0.717, 1.165) is 38.5 Å². The van der Waals surface area contributed by atoms with E-state index >= 15 is 0 Å². The Kier molecular flexibility index (Phi) is 3.93. The van der Waals surface area contributed by atoms with E-state index < -0.39 is 11.8 Å². The molecule has 0 saturated heterocycles. The third-order valence-corrected chi connectivity index (χ3v) is 2.69. The SMILES string of the molecule is O=C(O)C(=O)C1CCCCCCC1. The molecule has 1 aliphatic rings. The van der Waals surface area contributed by atoms with Crippen molar-refractivity contribution < 1.29 is 14.7 Å². The van der Waals surface area contributed by atoms with Gasteiger partial charge in [-0.25, -0.2) is 4.79 Å². The minimum absolute atomic E-state index is 0.210. The fourth-order valence-electron chi connectivity index (χ4n) is 1.89. The summed E-state index contributed by atoms with van der Waals surface area (Å²) in [6.07, 6.45) is 7.06. The van der Waals surface area contributed by atoms with E-state index in [2.05, 4.69) is 0 Å². The summed E-state index contributed by atoms with van der Waals surface area (Å²) in [7, 11) is 0. The molecule has 0 amide bonds. The number of Topliss-reactive ketones (excluding diaryl/α,β-unsaturated/α-hetero) is 1. The highest BCUT2D eigenvalue weighted by Gasteiger charge is 2.24. The predicted molar refractivity (Wildman–Crippen MR) is 48.5 cm³/mol. The Labute approximate surface area is 78.1 Å². The fraction of sp³-hybridized carbons (Fsp3) is 0.800. The van der Waals surface area contributed by atoms with E-state index in [9.17, 15) is 9.59 Å². The van der Waals surface area contributed by atoms with Crippen LogP contribution in [0.2, 0.25) is 0 Å². The summed E-state index contributed by atoms with van der Waals surface area (Å²) in [5.41, 5.74) is 0. The van der Waals surface area contributed by atoms with Gasteiger partial charge in [-0.05, 0) is 12.8 Å². The summed E-state index contributed by atoms with van der Waals surface area (Å²) in [5.74, 6) is -2.05. The molecule has 1 saturated carbocycles. The molecular weight excluding hydrogens is 168 g/mol. The number of carboxylic acid groups (broad SMARTS) is 1. The van der Waals surface area contributed by atoms with Crippen LogP contribution in [0.1, 0.15) is 44.9 Å². The Balaban J connectivity index is 2.45. The lowest BCUT2D eigenvalue weighted by molar-refractivity contribution is -0.151. The maximum atomic E-state index is 11.2. The largest absolute Gasteiger partial charge is 0.475 e. The lowest BCUT2D eigenvalue weighted by Gasteiger charge is -2.16. The van der Waals surface area contributed by atoms with Crippen molar-refractivity contribution in [1.29, 1.82) is 0 Å². The summed E-state index contributed by atoms with van der Waals surface area (Å²) in [6, 6.07) is 0. The van der Waals surface area contributed by atoms with Crippen LogP contribution in [0, 0.1) is 5.92 Å². The van der Waals surface area contributed by atoms with Crippen LogP contribution in [-0.2, 0) is 9.59 Å². The van der Waals surface area contributed by atoms with Crippen LogP contribution in [-0.4, -0.2) is 16.9 Å². The molecule has 74 valence electrons. The summed E-state index contributed by atoms with van der Waals surface area (Å²) < 4.78 is 0. The number of carboxylic acids is 1. The Morgan fingerprint density at radius 2 is 1.38 bits per heavy atom. The molecule has 3 heteroatoms. The summed E-state index contributed by atoms with van der Waals surface area (Å²) >= 11 is 0. The van der Waals surface area contributed by atoms with Crippen LogP contribution in [0.4, 0.5) is 0 Å². The monoisotopic (exact) mass is 184 g/mol. The average Bonchev–Trinajstić information content (AvgIpc) is 2.02. The Hall–Kier alpha value is -0.860. The topological polar surface area (TPSA) is 54.4 Å². The molecule has 0 spiro atoms. The molecule has 1 aliphatic carbocycles. The van der Waals surface area contributed by atoms with Crippen molar-refractivity contribution in [3.63, 3.8) is 0 Å². The molecular formula is C10H16O3. The molecule has 0 bridgehead atoms.